The third-order valence-corrected chi connectivity index (χ3v) is 3.58. The third kappa shape index (κ3) is 1.92. The summed E-state index contributed by atoms with van der Waals surface area (Å²) in [6, 6.07) is 3.79. The molecule has 0 fully saturated rings. The van der Waals surface area contributed by atoms with E-state index in [2.05, 4.69) is 26.1 Å². The van der Waals surface area contributed by atoms with Gasteiger partial charge in [0.15, 0.2) is 5.82 Å². The number of aromatic amines is 1. The van der Waals surface area contributed by atoms with E-state index in [9.17, 15) is 0 Å². The van der Waals surface area contributed by atoms with Gasteiger partial charge in [-0.15, -0.1) is 0 Å². The number of H-pyrrole nitrogens is 1. The van der Waals surface area contributed by atoms with Crippen LogP contribution in [-0.4, -0.2) is 24.4 Å². The van der Waals surface area contributed by atoms with Crippen molar-refractivity contribution in [3.05, 3.63) is 22.2 Å². The lowest BCUT2D eigenvalue weighted by molar-refractivity contribution is 0.390. The summed E-state index contributed by atoms with van der Waals surface area (Å²) in [7, 11) is 3.25. The molecule has 0 unspecified atom stereocenters. The normalized spacial score (nSPS) is 10.4. The molecule has 0 bridgehead atoms. The number of rotatable bonds is 3. The number of ether oxygens (including phenoxy) is 2. The Morgan fingerprint density at radius 2 is 2.00 bits per heavy atom. The molecular formula is C12H14BrN3O2. The van der Waals surface area contributed by atoms with Crippen molar-refractivity contribution < 1.29 is 9.47 Å². The van der Waals surface area contributed by atoms with Crippen LogP contribution in [0.2, 0.25) is 0 Å². The van der Waals surface area contributed by atoms with Crippen molar-refractivity contribution in [2.24, 2.45) is 0 Å². The molecule has 2 aromatic rings. The zero-order valence-corrected chi connectivity index (χ0v) is 12.0. The highest BCUT2D eigenvalue weighted by atomic mass is 79.9. The molecule has 0 amide bonds. The topological polar surface area (TPSA) is 73.2 Å². The number of nitrogens with two attached hydrogens (primary N) is 1. The van der Waals surface area contributed by atoms with E-state index in [4.69, 9.17) is 15.2 Å². The van der Waals surface area contributed by atoms with Gasteiger partial charge in [0, 0.05) is 11.1 Å². The van der Waals surface area contributed by atoms with Crippen molar-refractivity contribution in [3.63, 3.8) is 0 Å². The highest BCUT2D eigenvalue weighted by Gasteiger charge is 2.17. The van der Waals surface area contributed by atoms with Crippen LogP contribution in [0.5, 0.6) is 11.5 Å². The monoisotopic (exact) mass is 311 g/mol. The van der Waals surface area contributed by atoms with E-state index < -0.39 is 0 Å². The van der Waals surface area contributed by atoms with Gasteiger partial charge in [-0.25, -0.2) is 0 Å². The maximum Gasteiger partial charge on any atom is 0.160 e. The van der Waals surface area contributed by atoms with E-state index in [-0.39, 0.29) is 0 Å². The standard InChI is InChI=1S/C12H14BrN3O2/c1-6-8(17-2)5-4-7(11(6)18-3)10-9(13)12(14)16-15-10/h4-5H,1-3H3,(H3,14,15,16). The first-order valence-corrected chi connectivity index (χ1v) is 6.10. The van der Waals surface area contributed by atoms with Gasteiger partial charge in [0.2, 0.25) is 0 Å². The number of nitrogens with one attached hydrogen (secondary N) is 1. The van der Waals surface area contributed by atoms with Crippen LogP contribution >= 0.6 is 15.9 Å². The van der Waals surface area contributed by atoms with Gasteiger partial charge in [0.05, 0.1) is 24.4 Å². The van der Waals surface area contributed by atoms with Crippen molar-refractivity contribution in [1.82, 2.24) is 10.2 Å². The molecule has 5 nitrogen and oxygen atoms in total. The Morgan fingerprint density at radius 3 is 2.50 bits per heavy atom. The fourth-order valence-corrected chi connectivity index (χ4v) is 2.27. The maximum absolute atomic E-state index is 5.71. The number of nitrogens with zero attached hydrogens (tertiary/aromatic N) is 1. The summed E-state index contributed by atoms with van der Waals surface area (Å²) >= 11 is 3.40. The Kier molecular flexibility index (Phi) is 3.47. The van der Waals surface area contributed by atoms with Crippen LogP contribution in [0.15, 0.2) is 16.6 Å². The predicted octanol–water partition coefficient (Wildman–Crippen LogP) is 2.75. The van der Waals surface area contributed by atoms with E-state index in [1.807, 2.05) is 19.1 Å². The number of methoxy groups -OCH3 is 2. The van der Waals surface area contributed by atoms with Crippen molar-refractivity contribution in [2.75, 3.05) is 20.0 Å². The van der Waals surface area contributed by atoms with Crippen molar-refractivity contribution in [3.8, 4) is 22.8 Å². The van der Waals surface area contributed by atoms with Crippen LogP contribution in [0.25, 0.3) is 11.3 Å². The second-order valence-corrected chi connectivity index (χ2v) is 4.56. The molecule has 0 spiro atoms. The van der Waals surface area contributed by atoms with Crippen LogP contribution in [0, 0.1) is 6.92 Å². The third-order valence-electron chi connectivity index (χ3n) is 2.78. The number of benzene rings is 1. The maximum atomic E-state index is 5.71. The number of hydrogen-bond acceptors (Lipinski definition) is 4. The quantitative estimate of drug-likeness (QED) is 0.914. The molecule has 0 aliphatic carbocycles. The molecule has 0 aliphatic rings. The minimum Gasteiger partial charge on any atom is -0.496 e. The van der Waals surface area contributed by atoms with Crippen molar-refractivity contribution in [1.29, 1.82) is 0 Å². The number of aromatic nitrogens is 2. The number of halogens is 1. The van der Waals surface area contributed by atoms with Crippen LogP contribution in [0.4, 0.5) is 5.82 Å². The average Bonchev–Trinajstić information content (AvgIpc) is 2.69. The van der Waals surface area contributed by atoms with Crippen molar-refractivity contribution in [2.45, 2.75) is 6.92 Å². The molecule has 0 atom stereocenters. The molecular weight excluding hydrogens is 298 g/mol. The summed E-state index contributed by atoms with van der Waals surface area (Å²) in [6.45, 7) is 1.94. The number of hydrogen-bond donors (Lipinski definition) is 2. The van der Waals surface area contributed by atoms with Crippen molar-refractivity contribution >= 4 is 21.7 Å². The van der Waals surface area contributed by atoms with Crippen LogP contribution < -0.4 is 15.2 Å². The van der Waals surface area contributed by atoms with Crippen LogP contribution in [0.1, 0.15) is 5.56 Å². The average molecular weight is 312 g/mol. The summed E-state index contributed by atoms with van der Waals surface area (Å²) in [6.07, 6.45) is 0. The lowest BCUT2D eigenvalue weighted by atomic mass is 10.1. The molecule has 0 aliphatic heterocycles. The lowest BCUT2D eigenvalue weighted by Crippen LogP contribution is -1.95. The fraction of sp³-hybridized carbons (Fsp3) is 0.250. The molecule has 2 rings (SSSR count). The van der Waals surface area contributed by atoms with E-state index in [1.54, 1.807) is 14.2 Å². The van der Waals surface area contributed by atoms with E-state index >= 15 is 0 Å². The molecule has 1 heterocycles. The second-order valence-electron chi connectivity index (χ2n) is 3.77. The molecule has 1 aromatic carbocycles. The fourth-order valence-electron chi connectivity index (χ4n) is 1.88. The first-order valence-electron chi connectivity index (χ1n) is 5.31. The first kappa shape index (κ1) is 12.8. The molecule has 0 radical (unpaired) electrons. The van der Waals surface area contributed by atoms with Gasteiger partial charge in [-0.05, 0) is 35.0 Å². The molecule has 3 N–H and O–H groups in total. The first-order chi connectivity index (χ1) is 8.60. The molecule has 6 heteroatoms. The predicted molar refractivity (Wildman–Crippen MR) is 74.0 cm³/mol. The largest absolute Gasteiger partial charge is 0.496 e. The van der Waals surface area contributed by atoms with Gasteiger partial charge in [0.25, 0.3) is 0 Å². The van der Waals surface area contributed by atoms with E-state index in [0.29, 0.717) is 5.82 Å². The molecule has 96 valence electrons. The van der Waals surface area contributed by atoms with Gasteiger partial charge in [-0.3, -0.25) is 5.10 Å². The summed E-state index contributed by atoms with van der Waals surface area (Å²) < 4.78 is 11.4. The van der Waals surface area contributed by atoms with Gasteiger partial charge in [-0.2, -0.15) is 5.10 Å². The zero-order valence-electron chi connectivity index (χ0n) is 10.4. The number of anilines is 1. The summed E-state index contributed by atoms with van der Waals surface area (Å²) in [5.74, 6) is 1.93. The molecule has 1 aromatic heterocycles. The van der Waals surface area contributed by atoms with Gasteiger partial charge in [-0.1, -0.05) is 0 Å². The zero-order chi connectivity index (χ0) is 13.3. The summed E-state index contributed by atoms with van der Waals surface area (Å²) in [4.78, 5) is 0. The molecule has 18 heavy (non-hydrogen) atoms. The summed E-state index contributed by atoms with van der Waals surface area (Å²) in [5, 5.41) is 6.85. The van der Waals surface area contributed by atoms with Crippen LogP contribution in [-0.2, 0) is 0 Å². The molecule has 0 saturated carbocycles. The Bertz CT molecular complexity index is 581. The highest BCUT2D eigenvalue weighted by Crippen LogP contribution is 2.40. The Labute approximate surface area is 113 Å². The Balaban J connectivity index is 2.65. The molecule has 0 saturated heterocycles. The minimum absolute atomic E-state index is 0.417. The second kappa shape index (κ2) is 4.89. The van der Waals surface area contributed by atoms with Gasteiger partial charge in [0.1, 0.15) is 11.5 Å². The SMILES string of the molecule is COc1ccc(-c2[nH]nc(N)c2Br)c(OC)c1C. The number of nitrogen functional groups attached to an aromatic ring is 1. The van der Waals surface area contributed by atoms with Gasteiger partial charge < -0.3 is 15.2 Å². The van der Waals surface area contributed by atoms with Crippen LogP contribution in [0.3, 0.4) is 0 Å². The van der Waals surface area contributed by atoms with Gasteiger partial charge >= 0.3 is 0 Å². The summed E-state index contributed by atoms with van der Waals surface area (Å²) in [5.41, 5.74) is 8.31. The smallest absolute Gasteiger partial charge is 0.160 e. The highest BCUT2D eigenvalue weighted by molar-refractivity contribution is 9.10. The van der Waals surface area contributed by atoms with E-state index in [1.165, 1.54) is 0 Å². The Morgan fingerprint density at radius 1 is 1.28 bits per heavy atom. The minimum atomic E-state index is 0.417. The lowest BCUT2D eigenvalue weighted by Gasteiger charge is -2.13. The Hall–Kier alpha value is -1.69. The van der Waals surface area contributed by atoms with E-state index in [0.717, 1.165) is 32.8 Å².